The molecule has 1 aromatic carbocycles. The molecule has 1 aliphatic rings. The van der Waals surface area contributed by atoms with E-state index in [2.05, 4.69) is 32.8 Å². The van der Waals surface area contributed by atoms with Crippen LogP contribution in [-0.4, -0.2) is 10.4 Å². The average molecular weight is 343 g/mol. The summed E-state index contributed by atoms with van der Waals surface area (Å²) in [7, 11) is 0. The maximum atomic E-state index is 12.1. The molecule has 0 bridgehead atoms. The van der Waals surface area contributed by atoms with Gasteiger partial charge in [-0.1, -0.05) is 6.07 Å². The van der Waals surface area contributed by atoms with Crippen LogP contribution in [0.1, 0.15) is 45.6 Å². The summed E-state index contributed by atoms with van der Waals surface area (Å²) < 4.78 is 2.99. The van der Waals surface area contributed by atoms with Crippen LogP contribution in [0.2, 0.25) is 0 Å². The number of hydrogen-bond acceptors (Lipinski definition) is 2. The molecule has 0 atom stereocenters. The van der Waals surface area contributed by atoms with Gasteiger partial charge in [0.25, 0.3) is 0 Å². The first-order chi connectivity index (χ1) is 10.1. The van der Waals surface area contributed by atoms with E-state index in [0.717, 1.165) is 46.2 Å². The lowest BCUT2D eigenvalue weighted by Gasteiger charge is -2.15. The van der Waals surface area contributed by atoms with E-state index in [1.807, 2.05) is 25.1 Å². The minimum absolute atomic E-state index is 0.272. The number of fused-ring (bicyclic) bond motifs is 1. The molecule has 0 N–H and O–H groups in total. The Bertz CT molecular complexity index is 768. The third-order valence-corrected chi connectivity index (χ3v) is 4.64. The van der Waals surface area contributed by atoms with Crippen molar-refractivity contribution in [2.24, 2.45) is 0 Å². The number of rotatable bonds is 2. The standard InChI is InChI=1S/C17H15BrN2O/c1-11-9-20(15-3-2-4-16(21)17(11)15)10-12-5-6-13(8-19)14(18)7-12/h5-7,9H,2-4,10H2,1H3. The lowest BCUT2D eigenvalue weighted by molar-refractivity contribution is 0.0971. The zero-order chi connectivity index (χ0) is 15.0. The smallest absolute Gasteiger partial charge is 0.164 e. The molecule has 0 saturated heterocycles. The van der Waals surface area contributed by atoms with Crippen molar-refractivity contribution >= 4 is 21.7 Å². The minimum atomic E-state index is 0.272. The monoisotopic (exact) mass is 342 g/mol. The highest BCUT2D eigenvalue weighted by molar-refractivity contribution is 9.10. The molecule has 0 saturated carbocycles. The van der Waals surface area contributed by atoms with Crippen LogP contribution in [0.4, 0.5) is 0 Å². The van der Waals surface area contributed by atoms with Crippen LogP contribution in [-0.2, 0) is 13.0 Å². The number of carbonyl (C=O) groups is 1. The second-order valence-electron chi connectivity index (χ2n) is 5.46. The van der Waals surface area contributed by atoms with Crippen molar-refractivity contribution in [3.8, 4) is 6.07 Å². The quantitative estimate of drug-likeness (QED) is 0.827. The first-order valence-corrected chi connectivity index (χ1v) is 7.80. The van der Waals surface area contributed by atoms with E-state index < -0.39 is 0 Å². The van der Waals surface area contributed by atoms with E-state index in [9.17, 15) is 4.79 Å². The number of benzene rings is 1. The van der Waals surface area contributed by atoms with E-state index in [0.29, 0.717) is 12.0 Å². The number of ketones is 1. The molecular weight excluding hydrogens is 328 g/mol. The third kappa shape index (κ3) is 2.54. The molecule has 1 aliphatic carbocycles. The van der Waals surface area contributed by atoms with Crippen LogP contribution in [0.5, 0.6) is 0 Å². The summed E-state index contributed by atoms with van der Waals surface area (Å²) in [6.45, 7) is 2.74. The normalized spacial score (nSPS) is 13.9. The Hall–Kier alpha value is -1.86. The molecule has 0 amide bonds. The Balaban J connectivity index is 1.96. The van der Waals surface area contributed by atoms with Crippen LogP contribution in [0, 0.1) is 18.3 Å². The maximum absolute atomic E-state index is 12.1. The van der Waals surface area contributed by atoms with E-state index >= 15 is 0 Å². The Labute approximate surface area is 132 Å². The van der Waals surface area contributed by atoms with Crippen LogP contribution in [0.25, 0.3) is 0 Å². The van der Waals surface area contributed by atoms with Crippen molar-refractivity contribution in [1.82, 2.24) is 4.57 Å². The first kappa shape index (κ1) is 14.1. The van der Waals surface area contributed by atoms with Gasteiger partial charge in [-0.2, -0.15) is 5.26 Å². The molecular formula is C17H15BrN2O. The molecule has 0 aliphatic heterocycles. The van der Waals surface area contributed by atoms with Crippen molar-refractivity contribution in [3.05, 3.63) is 56.8 Å². The van der Waals surface area contributed by atoms with Gasteiger partial charge in [0.05, 0.1) is 5.56 Å². The number of aryl methyl sites for hydroxylation is 1. The van der Waals surface area contributed by atoms with Crippen molar-refractivity contribution in [2.75, 3.05) is 0 Å². The van der Waals surface area contributed by atoms with Crippen molar-refractivity contribution in [3.63, 3.8) is 0 Å². The summed E-state index contributed by atoms with van der Waals surface area (Å²) in [6, 6.07) is 7.92. The summed E-state index contributed by atoms with van der Waals surface area (Å²) in [5, 5.41) is 8.97. The average Bonchev–Trinajstić information content (AvgIpc) is 2.77. The minimum Gasteiger partial charge on any atom is -0.346 e. The molecule has 4 heteroatoms. The van der Waals surface area contributed by atoms with Gasteiger partial charge in [0.15, 0.2) is 5.78 Å². The summed E-state index contributed by atoms with van der Waals surface area (Å²) in [5.74, 6) is 0.272. The summed E-state index contributed by atoms with van der Waals surface area (Å²) in [5.41, 5.74) is 4.91. The van der Waals surface area contributed by atoms with E-state index in [1.165, 1.54) is 0 Å². The predicted molar refractivity (Wildman–Crippen MR) is 84.4 cm³/mol. The van der Waals surface area contributed by atoms with Gasteiger partial charge < -0.3 is 4.57 Å². The summed E-state index contributed by atoms with van der Waals surface area (Å²) in [6.07, 6.45) is 4.64. The maximum Gasteiger partial charge on any atom is 0.164 e. The Morgan fingerprint density at radius 1 is 1.38 bits per heavy atom. The highest BCUT2D eigenvalue weighted by atomic mass is 79.9. The van der Waals surface area contributed by atoms with Gasteiger partial charge in [-0.25, -0.2) is 0 Å². The molecule has 21 heavy (non-hydrogen) atoms. The molecule has 3 rings (SSSR count). The molecule has 0 spiro atoms. The van der Waals surface area contributed by atoms with Gasteiger partial charge in [0, 0.05) is 34.9 Å². The summed E-state index contributed by atoms with van der Waals surface area (Å²) in [4.78, 5) is 12.1. The lowest BCUT2D eigenvalue weighted by Crippen LogP contribution is -2.14. The molecule has 1 aromatic heterocycles. The number of hydrogen-bond donors (Lipinski definition) is 0. The molecule has 106 valence electrons. The van der Waals surface area contributed by atoms with Crippen molar-refractivity contribution in [2.45, 2.75) is 32.7 Å². The molecule has 1 heterocycles. The molecule has 3 nitrogen and oxygen atoms in total. The number of carbonyl (C=O) groups excluding carboxylic acids is 1. The van der Waals surface area contributed by atoms with E-state index in [4.69, 9.17) is 5.26 Å². The molecule has 0 unspecified atom stereocenters. The van der Waals surface area contributed by atoms with Gasteiger partial charge >= 0.3 is 0 Å². The third-order valence-electron chi connectivity index (χ3n) is 3.98. The van der Waals surface area contributed by atoms with E-state index in [1.54, 1.807) is 0 Å². The molecule has 0 fully saturated rings. The Kier molecular flexibility index (Phi) is 3.69. The van der Waals surface area contributed by atoms with Crippen LogP contribution < -0.4 is 0 Å². The Morgan fingerprint density at radius 3 is 2.90 bits per heavy atom. The first-order valence-electron chi connectivity index (χ1n) is 7.00. The fraction of sp³-hybridized carbons (Fsp3) is 0.294. The van der Waals surface area contributed by atoms with Gasteiger partial charge in [0.1, 0.15) is 6.07 Å². The predicted octanol–water partition coefficient (Wildman–Crippen LogP) is 4.00. The van der Waals surface area contributed by atoms with Gasteiger partial charge in [-0.3, -0.25) is 4.79 Å². The van der Waals surface area contributed by atoms with Gasteiger partial charge in [-0.05, 0) is 59.0 Å². The SMILES string of the molecule is Cc1cn(Cc2ccc(C#N)c(Br)c2)c2c1C(=O)CCC2. The zero-order valence-electron chi connectivity index (χ0n) is 11.8. The largest absolute Gasteiger partial charge is 0.346 e. The fourth-order valence-corrected chi connectivity index (χ4v) is 3.54. The lowest BCUT2D eigenvalue weighted by atomic mass is 9.94. The highest BCUT2D eigenvalue weighted by Gasteiger charge is 2.23. The van der Waals surface area contributed by atoms with Crippen molar-refractivity contribution in [1.29, 1.82) is 5.26 Å². The molecule has 2 aromatic rings. The van der Waals surface area contributed by atoms with Gasteiger partial charge in [-0.15, -0.1) is 0 Å². The number of Topliss-reactive ketones (excluding diaryl/α,β-unsaturated/α-hetero) is 1. The number of nitrogens with zero attached hydrogens (tertiary/aromatic N) is 2. The van der Waals surface area contributed by atoms with Crippen LogP contribution >= 0.6 is 15.9 Å². The van der Waals surface area contributed by atoms with Crippen molar-refractivity contribution < 1.29 is 4.79 Å². The van der Waals surface area contributed by atoms with E-state index in [-0.39, 0.29) is 5.78 Å². The molecule has 0 radical (unpaired) electrons. The second-order valence-corrected chi connectivity index (χ2v) is 6.32. The second kappa shape index (κ2) is 5.50. The number of aromatic nitrogens is 1. The highest BCUT2D eigenvalue weighted by Crippen LogP contribution is 2.27. The fourth-order valence-electron chi connectivity index (χ4n) is 3.02. The topological polar surface area (TPSA) is 45.8 Å². The number of halogens is 1. The zero-order valence-corrected chi connectivity index (χ0v) is 13.4. The Morgan fingerprint density at radius 2 is 2.19 bits per heavy atom. The van der Waals surface area contributed by atoms with Gasteiger partial charge in [0.2, 0.25) is 0 Å². The van der Waals surface area contributed by atoms with Crippen LogP contribution in [0.3, 0.4) is 0 Å². The number of nitriles is 1. The summed E-state index contributed by atoms with van der Waals surface area (Å²) >= 11 is 3.42. The van der Waals surface area contributed by atoms with Crippen LogP contribution in [0.15, 0.2) is 28.9 Å².